The summed E-state index contributed by atoms with van der Waals surface area (Å²) >= 11 is 0. The van der Waals surface area contributed by atoms with Gasteiger partial charge in [0.1, 0.15) is 0 Å². The number of benzene rings is 1. The summed E-state index contributed by atoms with van der Waals surface area (Å²) in [5, 5.41) is 2.92. The van der Waals surface area contributed by atoms with Crippen LogP contribution in [0.2, 0.25) is 0 Å². The molecule has 134 valence electrons. The lowest BCUT2D eigenvalue weighted by Gasteiger charge is -2.38. The normalized spacial score (nSPS) is 18.9. The second-order valence-corrected chi connectivity index (χ2v) is 6.50. The maximum absolute atomic E-state index is 13.0. The fourth-order valence-electron chi connectivity index (χ4n) is 2.97. The molecule has 1 fully saturated rings. The highest BCUT2D eigenvalue weighted by Gasteiger charge is 2.37. The Morgan fingerprint density at radius 3 is 2.58 bits per heavy atom. The molecule has 0 spiro atoms. The fraction of sp³-hybridized carbons (Fsp3) is 0.611. The lowest BCUT2D eigenvalue weighted by atomic mass is 9.73. The first-order chi connectivity index (χ1) is 11.3. The molecule has 24 heavy (non-hydrogen) atoms. The van der Waals surface area contributed by atoms with Crippen molar-refractivity contribution in [3.05, 3.63) is 35.4 Å². The molecule has 0 aromatic heterocycles. The highest BCUT2D eigenvalue weighted by molar-refractivity contribution is 5.78. The van der Waals surface area contributed by atoms with E-state index in [2.05, 4.69) is 5.32 Å². The summed E-state index contributed by atoms with van der Waals surface area (Å²) in [5.74, 6) is -0.168. The number of carbonyl (C=O) groups excluding carboxylic acids is 1. The van der Waals surface area contributed by atoms with Crippen molar-refractivity contribution in [3.8, 4) is 0 Å². The first kappa shape index (κ1) is 18.8. The average Bonchev–Trinajstić information content (AvgIpc) is 2.59. The second-order valence-electron chi connectivity index (χ2n) is 6.50. The van der Waals surface area contributed by atoms with Gasteiger partial charge in [-0.2, -0.15) is 13.2 Å². The third-order valence-electron chi connectivity index (χ3n) is 4.91. The van der Waals surface area contributed by atoms with E-state index >= 15 is 0 Å². The maximum atomic E-state index is 13.0. The lowest BCUT2D eigenvalue weighted by molar-refractivity contribution is -0.137. The van der Waals surface area contributed by atoms with Crippen LogP contribution in [0.15, 0.2) is 24.3 Å². The number of carbonyl (C=O) groups is 1. The van der Waals surface area contributed by atoms with Crippen LogP contribution in [-0.2, 0) is 21.1 Å². The molecule has 6 heteroatoms. The molecule has 3 nitrogen and oxygen atoms in total. The standard InChI is InChI=1S/C18H24F3NO2/c1-3-13(2)16(23)22-12-17(7-9-24-10-8-17)14-5-4-6-15(11-14)18(19,20)21/h4-6,11,13H,3,7-10,12H2,1-2H3,(H,22,23). The average molecular weight is 343 g/mol. The van der Waals surface area contributed by atoms with Crippen LogP contribution in [0.25, 0.3) is 0 Å². The third-order valence-corrected chi connectivity index (χ3v) is 4.91. The van der Waals surface area contributed by atoms with Gasteiger partial charge in [-0.1, -0.05) is 32.0 Å². The van der Waals surface area contributed by atoms with E-state index in [0.717, 1.165) is 12.5 Å². The van der Waals surface area contributed by atoms with Crippen LogP contribution in [0.5, 0.6) is 0 Å². The van der Waals surface area contributed by atoms with Gasteiger partial charge in [-0.25, -0.2) is 0 Å². The van der Waals surface area contributed by atoms with Crippen molar-refractivity contribution >= 4 is 5.91 Å². The van der Waals surface area contributed by atoms with Gasteiger partial charge in [-0.05, 0) is 30.9 Å². The Bertz CT molecular complexity index is 566. The number of amides is 1. The molecule has 1 saturated heterocycles. The summed E-state index contributed by atoms with van der Waals surface area (Å²) in [7, 11) is 0. The van der Waals surface area contributed by atoms with Crippen molar-refractivity contribution < 1.29 is 22.7 Å². The van der Waals surface area contributed by atoms with E-state index in [1.54, 1.807) is 6.07 Å². The van der Waals surface area contributed by atoms with Gasteiger partial charge < -0.3 is 10.1 Å². The van der Waals surface area contributed by atoms with Gasteiger partial charge in [0.25, 0.3) is 0 Å². The van der Waals surface area contributed by atoms with Gasteiger partial charge in [-0.3, -0.25) is 4.79 Å². The van der Waals surface area contributed by atoms with E-state index in [0.29, 0.717) is 38.2 Å². The summed E-state index contributed by atoms with van der Waals surface area (Å²) in [4.78, 5) is 12.1. The molecular formula is C18H24F3NO2. The first-order valence-electron chi connectivity index (χ1n) is 8.32. The number of hydrogen-bond donors (Lipinski definition) is 1. The topological polar surface area (TPSA) is 38.3 Å². The Morgan fingerprint density at radius 1 is 1.33 bits per heavy atom. The number of nitrogens with one attached hydrogen (secondary N) is 1. The third kappa shape index (κ3) is 4.29. The highest BCUT2D eigenvalue weighted by atomic mass is 19.4. The fourth-order valence-corrected chi connectivity index (χ4v) is 2.97. The van der Waals surface area contributed by atoms with E-state index < -0.39 is 17.2 Å². The second kappa shape index (κ2) is 7.55. The monoisotopic (exact) mass is 343 g/mol. The zero-order valence-corrected chi connectivity index (χ0v) is 14.1. The largest absolute Gasteiger partial charge is 0.416 e. The van der Waals surface area contributed by atoms with Crippen molar-refractivity contribution in [2.75, 3.05) is 19.8 Å². The van der Waals surface area contributed by atoms with Gasteiger partial charge >= 0.3 is 6.18 Å². The van der Waals surface area contributed by atoms with E-state index in [1.807, 2.05) is 13.8 Å². The number of ether oxygens (including phenoxy) is 1. The van der Waals surface area contributed by atoms with Crippen molar-refractivity contribution in [1.82, 2.24) is 5.32 Å². The molecule has 1 N–H and O–H groups in total. The zero-order valence-electron chi connectivity index (χ0n) is 14.1. The van der Waals surface area contributed by atoms with Crippen molar-refractivity contribution in [2.45, 2.75) is 44.7 Å². The smallest absolute Gasteiger partial charge is 0.381 e. The molecule has 1 aliphatic rings. The van der Waals surface area contributed by atoms with E-state index in [-0.39, 0.29) is 11.8 Å². The molecule has 0 bridgehead atoms. The summed E-state index contributed by atoms with van der Waals surface area (Å²) in [5.41, 5.74) is -0.549. The quantitative estimate of drug-likeness (QED) is 0.880. The molecule has 0 aliphatic carbocycles. The van der Waals surface area contributed by atoms with Gasteiger partial charge in [0.2, 0.25) is 5.91 Å². The maximum Gasteiger partial charge on any atom is 0.416 e. The van der Waals surface area contributed by atoms with Crippen LogP contribution in [0.1, 0.15) is 44.2 Å². The Morgan fingerprint density at radius 2 is 2.00 bits per heavy atom. The van der Waals surface area contributed by atoms with Gasteiger partial charge in [0, 0.05) is 31.1 Å². The molecule has 1 amide bonds. The number of alkyl halides is 3. The molecule has 0 saturated carbocycles. The lowest BCUT2D eigenvalue weighted by Crippen LogP contribution is -2.45. The van der Waals surface area contributed by atoms with Crippen molar-refractivity contribution in [1.29, 1.82) is 0 Å². The molecular weight excluding hydrogens is 319 g/mol. The Balaban J connectivity index is 2.26. The molecule has 1 atom stereocenters. The van der Waals surface area contributed by atoms with Crippen LogP contribution in [-0.4, -0.2) is 25.7 Å². The van der Waals surface area contributed by atoms with Crippen molar-refractivity contribution in [3.63, 3.8) is 0 Å². The van der Waals surface area contributed by atoms with Crippen LogP contribution in [0, 0.1) is 5.92 Å². The molecule has 1 unspecified atom stereocenters. The van der Waals surface area contributed by atoms with Crippen molar-refractivity contribution in [2.24, 2.45) is 5.92 Å². The summed E-state index contributed by atoms with van der Waals surface area (Å²) in [6.45, 7) is 5.07. The van der Waals surface area contributed by atoms with Gasteiger partial charge in [-0.15, -0.1) is 0 Å². The number of rotatable bonds is 5. The van der Waals surface area contributed by atoms with Gasteiger partial charge in [0.05, 0.1) is 5.56 Å². The Kier molecular flexibility index (Phi) is 5.91. The predicted octanol–water partition coefficient (Wildman–Crippen LogP) is 3.92. The Labute approximate surface area is 140 Å². The summed E-state index contributed by atoms with van der Waals surface area (Å²) < 4.78 is 44.5. The molecule has 0 radical (unpaired) electrons. The van der Waals surface area contributed by atoms with Crippen LogP contribution in [0.3, 0.4) is 0 Å². The number of halogens is 3. The molecule has 1 aromatic carbocycles. The van der Waals surface area contributed by atoms with Gasteiger partial charge in [0.15, 0.2) is 0 Å². The van der Waals surface area contributed by atoms with E-state index in [4.69, 9.17) is 4.74 Å². The molecule has 2 rings (SSSR count). The van der Waals surface area contributed by atoms with E-state index in [9.17, 15) is 18.0 Å². The predicted molar refractivity (Wildman–Crippen MR) is 85.6 cm³/mol. The summed E-state index contributed by atoms with van der Waals surface area (Å²) in [6, 6.07) is 5.44. The minimum atomic E-state index is -4.37. The Hall–Kier alpha value is -1.56. The van der Waals surface area contributed by atoms with Crippen LogP contribution in [0.4, 0.5) is 13.2 Å². The SMILES string of the molecule is CCC(C)C(=O)NCC1(c2cccc(C(F)(F)F)c2)CCOCC1. The van der Waals surface area contributed by atoms with E-state index in [1.165, 1.54) is 12.1 Å². The molecule has 1 aromatic rings. The molecule has 1 heterocycles. The summed E-state index contributed by atoms with van der Waals surface area (Å²) in [6.07, 6.45) is -2.46. The molecule has 1 aliphatic heterocycles. The number of hydrogen-bond acceptors (Lipinski definition) is 2. The minimum absolute atomic E-state index is 0.0599. The highest BCUT2D eigenvalue weighted by Crippen LogP contribution is 2.37. The van der Waals surface area contributed by atoms with Crippen LogP contribution < -0.4 is 5.32 Å². The van der Waals surface area contributed by atoms with Crippen LogP contribution >= 0.6 is 0 Å². The minimum Gasteiger partial charge on any atom is -0.381 e. The first-order valence-corrected chi connectivity index (χ1v) is 8.32. The zero-order chi connectivity index (χ0) is 17.8.